The van der Waals surface area contributed by atoms with Gasteiger partial charge in [0.25, 0.3) is 0 Å². The molecule has 0 aliphatic carbocycles. The van der Waals surface area contributed by atoms with E-state index in [-0.39, 0.29) is 6.29 Å². The fourth-order valence-electron chi connectivity index (χ4n) is 1.25. The molecular formula is C10H8I2O2. The van der Waals surface area contributed by atoms with Gasteiger partial charge in [0, 0.05) is 13.6 Å². The second kappa shape index (κ2) is 4.69. The SMILES string of the molecule is Ic1cccc(CC2OC=CO2)c1I. The number of hydrogen-bond donors (Lipinski definition) is 0. The van der Waals surface area contributed by atoms with E-state index in [0.29, 0.717) is 0 Å². The molecule has 0 N–H and O–H groups in total. The minimum atomic E-state index is -0.151. The van der Waals surface area contributed by atoms with Crippen LogP contribution in [0, 0.1) is 7.14 Å². The zero-order valence-corrected chi connectivity index (χ0v) is 11.6. The van der Waals surface area contributed by atoms with Crippen LogP contribution in [0.3, 0.4) is 0 Å². The van der Waals surface area contributed by atoms with E-state index in [2.05, 4.69) is 63.4 Å². The van der Waals surface area contributed by atoms with E-state index < -0.39 is 0 Å². The first-order valence-corrected chi connectivity index (χ1v) is 6.32. The van der Waals surface area contributed by atoms with Crippen molar-refractivity contribution >= 4 is 45.2 Å². The number of halogens is 2. The van der Waals surface area contributed by atoms with Gasteiger partial charge in [-0.1, -0.05) is 12.1 Å². The van der Waals surface area contributed by atoms with Crippen molar-refractivity contribution in [2.45, 2.75) is 12.7 Å². The predicted octanol–water partition coefficient (Wildman–Crippen LogP) is 3.28. The number of ether oxygens (including phenoxy) is 2. The van der Waals surface area contributed by atoms with Gasteiger partial charge in [0.05, 0.1) is 0 Å². The maximum absolute atomic E-state index is 5.24. The van der Waals surface area contributed by atoms with Crippen LogP contribution in [0.1, 0.15) is 5.56 Å². The molecule has 1 aliphatic rings. The minimum absolute atomic E-state index is 0.151. The molecule has 0 spiro atoms. The van der Waals surface area contributed by atoms with Crippen LogP contribution in [0.2, 0.25) is 0 Å². The first-order valence-electron chi connectivity index (χ1n) is 4.16. The van der Waals surface area contributed by atoms with Crippen molar-refractivity contribution in [3.05, 3.63) is 43.4 Å². The second-order valence-corrected chi connectivity index (χ2v) is 5.13. The van der Waals surface area contributed by atoms with Gasteiger partial charge < -0.3 is 9.47 Å². The number of benzene rings is 1. The van der Waals surface area contributed by atoms with Crippen LogP contribution in [0.5, 0.6) is 0 Å². The summed E-state index contributed by atoms with van der Waals surface area (Å²) in [5, 5.41) is 0. The lowest BCUT2D eigenvalue weighted by Gasteiger charge is -2.11. The lowest BCUT2D eigenvalue weighted by molar-refractivity contribution is -0.0210. The monoisotopic (exact) mass is 414 g/mol. The Morgan fingerprint density at radius 3 is 2.57 bits per heavy atom. The van der Waals surface area contributed by atoms with E-state index in [4.69, 9.17) is 9.47 Å². The highest BCUT2D eigenvalue weighted by molar-refractivity contribution is 14.1. The maximum atomic E-state index is 5.24. The summed E-state index contributed by atoms with van der Waals surface area (Å²) in [6, 6.07) is 6.26. The molecule has 0 bridgehead atoms. The second-order valence-electron chi connectivity index (χ2n) is 2.89. The van der Waals surface area contributed by atoms with Gasteiger partial charge in [-0.05, 0) is 56.8 Å². The van der Waals surface area contributed by atoms with E-state index >= 15 is 0 Å². The summed E-state index contributed by atoms with van der Waals surface area (Å²) >= 11 is 4.68. The summed E-state index contributed by atoms with van der Waals surface area (Å²) in [6.45, 7) is 0. The lowest BCUT2D eigenvalue weighted by atomic mass is 10.1. The third-order valence-corrected chi connectivity index (χ3v) is 5.14. The van der Waals surface area contributed by atoms with Crippen LogP contribution in [0.15, 0.2) is 30.7 Å². The Kier molecular flexibility index (Phi) is 3.53. The highest BCUT2D eigenvalue weighted by Gasteiger charge is 2.15. The molecule has 4 heteroatoms. The number of rotatable bonds is 2. The highest BCUT2D eigenvalue weighted by Crippen LogP contribution is 2.22. The molecule has 2 nitrogen and oxygen atoms in total. The lowest BCUT2D eigenvalue weighted by Crippen LogP contribution is -2.12. The van der Waals surface area contributed by atoms with Crippen LogP contribution in [0.4, 0.5) is 0 Å². The highest BCUT2D eigenvalue weighted by atomic mass is 127. The quantitative estimate of drug-likeness (QED) is 0.693. The molecule has 1 heterocycles. The van der Waals surface area contributed by atoms with Gasteiger partial charge in [-0.2, -0.15) is 0 Å². The zero-order chi connectivity index (χ0) is 9.97. The van der Waals surface area contributed by atoms with Crippen molar-refractivity contribution in [3.63, 3.8) is 0 Å². The third kappa shape index (κ3) is 2.33. The molecule has 1 aromatic rings. The molecule has 2 rings (SSSR count). The molecule has 0 radical (unpaired) electrons. The van der Waals surface area contributed by atoms with Gasteiger partial charge in [-0.3, -0.25) is 0 Å². The normalized spacial score (nSPS) is 15.3. The first kappa shape index (κ1) is 10.5. The molecule has 74 valence electrons. The molecule has 0 fully saturated rings. The zero-order valence-electron chi connectivity index (χ0n) is 7.24. The van der Waals surface area contributed by atoms with Gasteiger partial charge in [-0.15, -0.1) is 0 Å². The van der Waals surface area contributed by atoms with Gasteiger partial charge in [-0.25, -0.2) is 0 Å². The van der Waals surface area contributed by atoms with Crippen molar-refractivity contribution in [1.82, 2.24) is 0 Å². The van der Waals surface area contributed by atoms with Crippen molar-refractivity contribution < 1.29 is 9.47 Å². The van der Waals surface area contributed by atoms with Gasteiger partial charge in [0.2, 0.25) is 6.29 Å². The summed E-state index contributed by atoms with van der Waals surface area (Å²) in [4.78, 5) is 0. The van der Waals surface area contributed by atoms with E-state index in [1.807, 2.05) is 0 Å². The van der Waals surface area contributed by atoms with Gasteiger partial charge >= 0.3 is 0 Å². The summed E-state index contributed by atoms with van der Waals surface area (Å²) in [5.41, 5.74) is 1.27. The Morgan fingerprint density at radius 1 is 1.14 bits per heavy atom. The van der Waals surface area contributed by atoms with E-state index in [1.165, 1.54) is 12.7 Å². The Balaban J connectivity index is 2.12. The van der Waals surface area contributed by atoms with Crippen LogP contribution in [-0.4, -0.2) is 6.29 Å². The molecule has 0 saturated carbocycles. The van der Waals surface area contributed by atoms with Crippen molar-refractivity contribution in [1.29, 1.82) is 0 Å². The fourth-order valence-corrected chi connectivity index (χ4v) is 2.39. The van der Waals surface area contributed by atoms with Crippen molar-refractivity contribution in [2.75, 3.05) is 0 Å². The van der Waals surface area contributed by atoms with Gasteiger partial charge in [0.15, 0.2) is 0 Å². The molecule has 0 atom stereocenters. The molecule has 0 saturated heterocycles. The molecule has 0 unspecified atom stereocenters. The molecule has 0 aromatic heterocycles. The van der Waals surface area contributed by atoms with Gasteiger partial charge in [0.1, 0.15) is 12.5 Å². The topological polar surface area (TPSA) is 18.5 Å². The average Bonchev–Trinajstić information content (AvgIpc) is 2.66. The fraction of sp³-hybridized carbons (Fsp3) is 0.200. The summed E-state index contributed by atoms with van der Waals surface area (Å²) in [6.07, 6.45) is 3.82. The Morgan fingerprint density at radius 2 is 1.86 bits per heavy atom. The smallest absolute Gasteiger partial charge is 0.243 e. The Bertz CT molecular complexity index is 355. The standard InChI is InChI=1S/C10H8I2O2/c11-8-3-1-2-7(10(8)12)6-9-13-4-5-14-9/h1-5,9H,6H2. The van der Waals surface area contributed by atoms with Crippen molar-refractivity contribution in [3.8, 4) is 0 Å². The Hall–Kier alpha value is 0.0200. The van der Waals surface area contributed by atoms with Crippen LogP contribution in [0.25, 0.3) is 0 Å². The van der Waals surface area contributed by atoms with E-state index in [0.717, 1.165) is 6.42 Å². The van der Waals surface area contributed by atoms with E-state index in [9.17, 15) is 0 Å². The first-order chi connectivity index (χ1) is 6.77. The number of hydrogen-bond acceptors (Lipinski definition) is 2. The van der Waals surface area contributed by atoms with Crippen LogP contribution < -0.4 is 0 Å². The van der Waals surface area contributed by atoms with Crippen LogP contribution >= 0.6 is 45.2 Å². The summed E-state index contributed by atoms with van der Waals surface area (Å²) in [7, 11) is 0. The minimum Gasteiger partial charge on any atom is -0.459 e. The maximum Gasteiger partial charge on any atom is 0.243 e. The largest absolute Gasteiger partial charge is 0.459 e. The Labute approximate surface area is 110 Å². The molecule has 14 heavy (non-hydrogen) atoms. The summed E-state index contributed by atoms with van der Waals surface area (Å²) in [5.74, 6) is 0. The molecule has 0 amide bonds. The van der Waals surface area contributed by atoms with Crippen LogP contribution in [-0.2, 0) is 15.9 Å². The van der Waals surface area contributed by atoms with E-state index in [1.54, 1.807) is 12.5 Å². The molecular weight excluding hydrogens is 406 g/mol. The average molecular weight is 414 g/mol. The van der Waals surface area contributed by atoms with Crippen molar-refractivity contribution in [2.24, 2.45) is 0 Å². The molecule has 1 aliphatic heterocycles. The predicted molar refractivity (Wildman–Crippen MR) is 70.7 cm³/mol. The molecule has 1 aromatic carbocycles. The third-order valence-electron chi connectivity index (χ3n) is 1.93. The summed E-state index contributed by atoms with van der Waals surface area (Å²) < 4.78 is 13.0.